The lowest BCUT2D eigenvalue weighted by molar-refractivity contribution is 0.0734. The van der Waals surface area contributed by atoms with Crippen molar-refractivity contribution in [3.05, 3.63) is 23.8 Å². The summed E-state index contributed by atoms with van der Waals surface area (Å²) in [6.07, 6.45) is 0. The Hall–Kier alpha value is -1.75. The summed E-state index contributed by atoms with van der Waals surface area (Å²) in [5, 5.41) is 19.3. The van der Waals surface area contributed by atoms with Crippen molar-refractivity contribution < 1.29 is 15.0 Å². The lowest BCUT2D eigenvalue weighted by Crippen LogP contribution is -2.39. The highest BCUT2D eigenvalue weighted by atomic mass is 16.3. The van der Waals surface area contributed by atoms with Crippen LogP contribution in [0.2, 0.25) is 0 Å². The van der Waals surface area contributed by atoms with Crippen LogP contribution >= 0.6 is 0 Å². The Morgan fingerprint density at radius 1 is 1.33 bits per heavy atom. The van der Waals surface area contributed by atoms with E-state index in [-0.39, 0.29) is 22.5 Å². The molecule has 0 radical (unpaired) electrons. The standard InChI is InChI=1S/C13H20N2O3/c1-13(2,7-14)8-15(3)12(18)11-9(16)5-4-6-10(11)17/h4-6,16-17H,7-8,14H2,1-3H3. The molecule has 0 aliphatic rings. The molecule has 1 rings (SSSR count). The summed E-state index contributed by atoms with van der Waals surface area (Å²) in [5.41, 5.74) is 5.32. The van der Waals surface area contributed by atoms with Crippen LogP contribution < -0.4 is 5.73 Å². The van der Waals surface area contributed by atoms with E-state index in [1.807, 2.05) is 13.8 Å². The van der Waals surface area contributed by atoms with Gasteiger partial charge in [0.25, 0.3) is 5.91 Å². The second-order valence-electron chi connectivity index (χ2n) is 5.20. The number of hydrogen-bond donors (Lipinski definition) is 3. The Balaban J connectivity index is 2.94. The van der Waals surface area contributed by atoms with Gasteiger partial charge in [0.2, 0.25) is 0 Å². The van der Waals surface area contributed by atoms with E-state index in [1.165, 1.54) is 23.1 Å². The van der Waals surface area contributed by atoms with Gasteiger partial charge >= 0.3 is 0 Å². The maximum absolute atomic E-state index is 12.1. The van der Waals surface area contributed by atoms with E-state index in [0.29, 0.717) is 13.1 Å². The molecule has 0 aromatic heterocycles. The number of phenols is 2. The molecule has 18 heavy (non-hydrogen) atoms. The zero-order chi connectivity index (χ0) is 13.9. The Bertz CT molecular complexity index is 424. The minimum Gasteiger partial charge on any atom is -0.507 e. The maximum atomic E-state index is 12.1. The van der Waals surface area contributed by atoms with Gasteiger partial charge in [-0.25, -0.2) is 0 Å². The van der Waals surface area contributed by atoms with Gasteiger partial charge in [-0.3, -0.25) is 4.79 Å². The van der Waals surface area contributed by atoms with Crippen LogP contribution in [0, 0.1) is 5.41 Å². The Labute approximate surface area is 107 Å². The molecule has 0 heterocycles. The zero-order valence-corrected chi connectivity index (χ0v) is 11.0. The van der Waals surface area contributed by atoms with Gasteiger partial charge in [-0.15, -0.1) is 0 Å². The molecule has 0 saturated heterocycles. The zero-order valence-electron chi connectivity index (χ0n) is 11.0. The topological polar surface area (TPSA) is 86.8 Å². The van der Waals surface area contributed by atoms with E-state index < -0.39 is 5.91 Å². The second-order valence-corrected chi connectivity index (χ2v) is 5.20. The average molecular weight is 252 g/mol. The van der Waals surface area contributed by atoms with Crippen LogP contribution in [-0.4, -0.2) is 41.2 Å². The Morgan fingerprint density at radius 3 is 2.28 bits per heavy atom. The van der Waals surface area contributed by atoms with Gasteiger partial charge in [-0.2, -0.15) is 0 Å². The summed E-state index contributed by atoms with van der Waals surface area (Å²) < 4.78 is 0. The largest absolute Gasteiger partial charge is 0.507 e. The lowest BCUT2D eigenvalue weighted by Gasteiger charge is -2.29. The van der Waals surface area contributed by atoms with Gasteiger partial charge in [-0.05, 0) is 24.1 Å². The summed E-state index contributed by atoms with van der Waals surface area (Å²) in [7, 11) is 1.62. The first-order valence-corrected chi connectivity index (χ1v) is 5.75. The molecule has 0 spiro atoms. The van der Waals surface area contributed by atoms with Crippen LogP contribution in [-0.2, 0) is 0 Å². The van der Waals surface area contributed by atoms with Crippen molar-refractivity contribution in [3.8, 4) is 11.5 Å². The molecule has 1 amide bonds. The third-order valence-electron chi connectivity index (χ3n) is 2.80. The first kappa shape index (κ1) is 14.3. The van der Waals surface area contributed by atoms with E-state index in [1.54, 1.807) is 7.05 Å². The number of nitrogens with zero attached hydrogens (tertiary/aromatic N) is 1. The number of phenolic OH excluding ortho intramolecular Hbond substituents is 2. The van der Waals surface area contributed by atoms with E-state index >= 15 is 0 Å². The molecule has 4 N–H and O–H groups in total. The Kier molecular flexibility index (Phi) is 4.19. The summed E-state index contributed by atoms with van der Waals surface area (Å²) in [4.78, 5) is 13.6. The number of amides is 1. The minimum absolute atomic E-state index is 0.0761. The summed E-state index contributed by atoms with van der Waals surface area (Å²) in [5.74, 6) is -0.873. The van der Waals surface area contributed by atoms with Crippen LogP contribution in [0.1, 0.15) is 24.2 Å². The van der Waals surface area contributed by atoms with E-state index in [9.17, 15) is 15.0 Å². The highest BCUT2D eigenvalue weighted by Gasteiger charge is 2.25. The molecule has 0 bridgehead atoms. The van der Waals surface area contributed by atoms with Crippen LogP contribution in [0.3, 0.4) is 0 Å². The smallest absolute Gasteiger partial charge is 0.261 e. The van der Waals surface area contributed by atoms with Crippen LogP contribution in [0.4, 0.5) is 0 Å². The van der Waals surface area contributed by atoms with Crippen LogP contribution in [0.25, 0.3) is 0 Å². The molecule has 100 valence electrons. The third-order valence-corrected chi connectivity index (χ3v) is 2.80. The molecular formula is C13H20N2O3. The van der Waals surface area contributed by atoms with Crippen molar-refractivity contribution in [1.82, 2.24) is 4.90 Å². The number of rotatable bonds is 4. The Morgan fingerprint density at radius 2 is 1.83 bits per heavy atom. The molecule has 0 saturated carbocycles. The van der Waals surface area contributed by atoms with Crippen molar-refractivity contribution in [1.29, 1.82) is 0 Å². The molecule has 0 fully saturated rings. The predicted molar refractivity (Wildman–Crippen MR) is 69.6 cm³/mol. The van der Waals surface area contributed by atoms with E-state index in [2.05, 4.69) is 0 Å². The van der Waals surface area contributed by atoms with Gasteiger partial charge < -0.3 is 20.8 Å². The first-order chi connectivity index (χ1) is 8.28. The van der Waals surface area contributed by atoms with Gasteiger partial charge in [0.05, 0.1) is 0 Å². The number of carbonyl (C=O) groups is 1. The molecule has 0 aliphatic carbocycles. The average Bonchev–Trinajstić information content (AvgIpc) is 2.28. The van der Waals surface area contributed by atoms with Crippen LogP contribution in [0.5, 0.6) is 11.5 Å². The number of carbonyl (C=O) groups excluding carboxylic acids is 1. The maximum Gasteiger partial charge on any atom is 0.261 e. The fraction of sp³-hybridized carbons (Fsp3) is 0.462. The third kappa shape index (κ3) is 3.13. The number of benzene rings is 1. The first-order valence-electron chi connectivity index (χ1n) is 5.75. The molecule has 0 atom stereocenters. The highest BCUT2D eigenvalue weighted by molar-refractivity contribution is 5.99. The fourth-order valence-electron chi connectivity index (χ4n) is 1.72. The monoisotopic (exact) mass is 252 g/mol. The van der Waals surface area contributed by atoms with Crippen molar-refractivity contribution in [3.63, 3.8) is 0 Å². The number of aromatic hydroxyl groups is 2. The van der Waals surface area contributed by atoms with Crippen molar-refractivity contribution >= 4 is 5.91 Å². The van der Waals surface area contributed by atoms with Crippen molar-refractivity contribution in [2.75, 3.05) is 20.1 Å². The van der Waals surface area contributed by atoms with Crippen LogP contribution in [0.15, 0.2) is 18.2 Å². The predicted octanol–water partition coefficient (Wildman–Crippen LogP) is 1.15. The summed E-state index contributed by atoms with van der Waals surface area (Å²) >= 11 is 0. The van der Waals surface area contributed by atoms with Gasteiger partial charge in [0.15, 0.2) is 0 Å². The SMILES string of the molecule is CN(CC(C)(C)CN)C(=O)c1c(O)cccc1O. The molecular weight excluding hydrogens is 232 g/mol. The van der Waals surface area contributed by atoms with Gasteiger partial charge in [-0.1, -0.05) is 19.9 Å². The molecule has 5 heteroatoms. The molecule has 0 unspecified atom stereocenters. The van der Waals surface area contributed by atoms with E-state index in [4.69, 9.17) is 5.73 Å². The fourth-order valence-corrected chi connectivity index (χ4v) is 1.72. The van der Waals surface area contributed by atoms with Gasteiger partial charge in [0, 0.05) is 13.6 Å². The molecule has 1 aromatic rings. The minimum atomic E-state index is -0.424. The molecule has 0 aliphatic heterocycles. The van der Waals surface area contributed by atoms with Crippen molar-refractivity contribution in [2.24, 2.45) is 11.1 Å². The number of nitrogens with two attached hydrogens (primary N) is 1. The van der Waals surface area contributed by atoms with Gasteiger partial charge in [0.1, 0.15) is 17.1 Å². The normalized spacial score (nSPS) is 11.3. The lowest BCUT2D eigenvalue weighted by atomic mass is 9.93. The van der Waals surface area contributed by atoms with Crippen molar-refractivity contribution in [2.45, 2.75) is 13.8 Å². The quantitative estimate of drug-likeness (QED) is 0.750. The summed E-state index contributed by atoms with van der Waals surface area (Å²) in [6, 6.07) is 4.22. The highest BCUT2D eigenvalue weighted by Crippen LogP contribution is 2.28. The summed E-state index contributed by atoms with van der Waals surface area (Å²) in [6.45, 7) is 4.77. The number of hydrogen-bond acceptors (Lipinski definition) is 4. The molecule has 1 aromatic carbocycles. The van der Waals surface area contributed by atoms with E-state index in [0.717, 1.165) is 0 Å². The second kappa shape index (κ2) is 5.27. The molecule has 5 nitrogen and oxygen atoms in total.